The molecule has 0 N–H and O–H groups in total. The molecule has 2 fully saturated rings. The fourth-order valence-corrected chi connectivity index (χ4v) is 1.93. The van der Waals surface area contributed by atoms with Crippen LogP contribution in [-0.4, -0.2) is 62.8 Å². The van der Waals surface area contributed by atoms with Gasteiger partial charge in [-0.25, -0.2) is 0 Å². The van der Waals surface area contributed by atoms with Crippen LogP contribution in [0, 0.1) is 0 Å². The Morgan fingerprint density at radius 2 is 1.53 bits per heavy atom. The highest BCUT2D eigenvalue weighted by Gasteiger charge is 2.05. The number of piperidine rings is 1. The highest BCUT2D eigenvalue weighted by atomic mass is 16.5. The fourth-order valence-electron chi connectivity index (χ4n) is 1.93. The quantitative estimate of drug-likeness (QED) is 0.657. The Morgan fingerprint density at radius 3 is 1.87 bits per heavy atom. The van der Waals surface area contributed by atoms with E-state index in [1.807, 2.05) is 0 Å². The van der Waals surface area contributed by atoms with Crippen molar-refractivity contribution in [3.8, 4) is 0 Å². The van der Waals surface area contributed by atoms with Crippen LogP contribution in [0.25, 0.3) is 0 Å². The first-order valence-corrected chi connectivity index (χ1v) is 6.31. The van der Waals surface area contributed by atoms with Gasteiger partial charge in [0.05, 0.1) is 13.2 Å². The van der Waals surface area contributed by atoms with Crippen LogP contribution < -0.4 is 0 Å². The fraction of sp³-hybridized carbons (Fsp3) is 1.00. The molecule has 2 aliphatic heterocycles. The van der Waals surface area contributed by atoms with Crippen molar-refractivity contribution in [2.45, 2.75) is 26.2 Å². The minimum Gasteiger partial charge on any atom is -0.379 e. The number of hydrogen-bond donors (Lipinski definition) is 0. The third-order valence-corrected chi connectivity index (χ3v) is 3.13. The van der Waals surface area contributed by atoms with E-state index in [4.69, 9.17) is 4.74 Å². The van der Waals surface area contributed by atoms with Crippen LogP contribution in [0.15, 0.2) is 0 Å². The van der Waals surface area contributed by atoms with E-state index in [1.165, 1.54) is 38.9 Å². The Labute approximate surface area is 94.4 Å². The summed E-state index contributed by atoms with van der Waals surface area (Å²) in [6, 6.07) is 0. The first kappa shape index (κ1) is 12.9. The lowest BCUT2D eigenvalue weighted by Gasteiger charge is -2.24. The summed E-state index contributed by atoms with van der Waals surface area (Å²) in [6.07, 6.45) is 4.30. The van der Waals surface area contributed by atoms with Gasteiger partial charge in [0.2, 0.25) is 0 Å². The number of morpholine rings is 1. The molecule has 0 spiro atoms. The summed E-state index contributed by atoms with van der Waals surface area (Å²) in [5, 5.41) is 0. The largest absolute Gasteiger partial charge is 0.379 e. The zero-order chi connectivity index (χ0) is 10.9. The number of hydrogen-bond acceptors (Lipinski definition) is 3. The lowest BCUT2D eigenvalue weighted by molar-refractivity contribution is 0.0503. The zero-order valence-corrected chi connectivity index (χ0v) is 10.4. The molecule has 0 radical (unpaired) electrons. The molecule has 0 bridgehead atoms. The van der Waals surface area contributed by atoms with E-state index >= 15 is 0 Å². The lowest BCUT2D eigenvalue weighted by Crippen LogP contribution is -2.32. The van der Waals surface area contributed by atoms with Gasteiger partial charge in [0, 0.05) is 13.1 Å². The molecule has 0 unspecified atom stereocenters. The van der Waals surface area contributed by atoms with Gasteiger partial charge < -0.3 is 14.5 Å². The van der Waals surface area contributed by atoms with Crippen molar-refractivity contribution in [2.75, 3.05) is 53.0 Å². The number of ether oxygens (including phenoxy) is 1. The Balaban J connectivity index is 0.000000151. The molecule has 3 heteroatoms. The first-order chi connectivity index (χ1) is 7.33. The van der Waals surface area contributed by atoms with Crippen molar-refractivity contribution in [1.82, 2.24) is 9.80 Å². The number of likely N-dealkylation sites (tertiary alicyclic amines) is 1. The van der Waals surface area contributed by atoms with Gasteiger partial charge in [-0.2, -0.15) is 0 Å². The Bertz CT molecular complexity index is 141. The van der Waals surface area contributed by atoms with Gasteiger partial charge in [0.1, 0.15) is 0 Å². The topological polar surface area (TPSA) is 15.7 Å². The Hall–Kier alpha value is -0.120. The van der Waals surface area contributed by atoms with Gasteiger partial charge in [0.15, 0.2) is 0 Å². The molecule has 2 aliphatic rings. The van der Waals surface area contributed by atoms with Crippen molar-refractivity contribution >= 4 is 0 Å². The van der Waals surface area contributed by atoms with E-state index in [-0.39, 0.29) is 0 Å². The summed E-state index contributed by atoms with van der Waals surface area (Å²) < 4.78 is 5.10. The first-order valence-electron chi connectivity index (χ1n) is 6.31. The van der Waals surface area contributed by atoms with Crippen molar-refractivity contribution < 1.29 is 4.74 Å². The average Bonchev–Trinajstić information content (AvgIpc) is 2.32. The van der Waals surface area contributed by atoms with Crippen LogP contribution in [0.5, 0.6) is 0 Å². The molecule has 90 valence electrons. The monoisotopic (exact) mass is 214 g/mol. The average molecular weight is 214 g/mol. The molecule has 0 saturated carbocycles. The molecule has 0 aromatic heterocycles. The van der Waals surface area contributed by atoms with Crippen LogP contribution in [0.1, 0.15) is 26.2 Å². The third-order valence-electron chi connectivity index (χ3n) is 3.13. The van der Waals surface area contributed by atoms with Gasteiger partial charge in [-0.1, -0.05) is 13.3 Å². The van der Waals surface area contributed by atoms with Crippen LogP contribution in [0.3, 0.4) is 0 Å². The van der Waals surface area contributed by atoms with Gasteiger partial charge in [-0.05, 0) is 39.5 Å². The molecule has 2 saturated heterocycles. The number of likely N-dealkylation sites (N-methyl/N-ethyl adjacent to an activating group) is 1. The molecule has 0 aromatic rings. The lowest BCUT2D eigenvalue weighted by atomic mass is 10.1. The van der Waals surface area contributed by atoms with E-state index in [9.17, 15) is 0 Å². The standard InChI is InChI=1S/C7H15N.C5H11NO/c1-2-8-6-4-3-5-7-8;1-6-2-4-7-5-3-6/h2-7H2,1H3;2-5H2,1H3. The van der Waals surface area contributed by atoms with E-state index in [0.717, 1.165) is 26.3 Å². The van der Waals surface area contributed by atoms with Gasteiger partial charge >= 0.3 is 0 Å². The zero-order valence-electron chi connectivity index (χ0n) is 10.4. The van der Waals surface area contributed by atoms with E-state index in [0.29, 0.717) is 0 Å². The number of rotatable bonds is 1. The summed E-state index contributed by atoms with van der Waals surface area (Å²) in [6.45, 7) is 10.2. The normalized spacial score (nSPS) is 24.4. The highest BCUT2D eigenvalue weighted by molar-refractivity contribution is 4.61. The van der Waals surface area contributed by atoms with Crippen LogP contribution >= 0.6 is 0 Å². The van der Waals surface area contributed by atoms with Gasteiger partial charge in [0.25, 0.3) is 0 Å². The SMILES string of the molecule is CCN1CCCCC1.CN1CCOCC1. The summed E-state index contributed by atoms with van der Waals surface area (Å²) >= 11 is 0. The third kappa shape index (κ3) is 6.13. The van der Waals surface area contributed by atoms with Crippen LogP contribution in [0.2, 0.25) is 0 Å². The second-order valence-electron chi connectivity index (χ2n) is 4.41. The van der Waals surface area contributed by atoms with E-state index < -0.39 is 0 Å². The maximum absolute atomic E-state index is 5.10. The van der Waals surface area contributed by atoms with Crippen molar-refractivity contribution in [2.24, 2.45) is 0 Å². The highest BCUT2D eigenvalue weighted by Crippen LogP contribution is 2.06. The predicted octanol–water partition coefficient (Wildman–Crippen LogP) is 1.44. The van der Waals surface area contributed by atoms with Gasteiger partial charge in [-0.15, -0.1) is 0 Å². The summed E-state index contributed by atoms with van der Waals surface area (Å²) in [5.41, 5.74) is 0. The Morgan fingerprint density at radius 1 is 0.933 bits per heavy atom. The summed E-state index contributed by atoms with van der Waals surface area (Å²) in [4.78, 5) is 4.78. The smallest absolute Gasteiger partial charge is 0.0594 e. The minimum atomic E-state index is 0.913. The van der Waals surface area contributed by atoms with E-state index in [1.54, 1.807) is 0 Å². The molecule has 0 amide bonds. The molecule has 0 atom stereocenters. The maximum Gasteiger partial charge on any atom is 0.0594 e. The van der Waals surface area contributed by atoms with Crippen molar-refractivity contribution in [3.05, 3.63) is 0 Å². The Kier molecular flexibility index (Phi) is 6.98. The maximum atomic E-state index is 5.10. The minimum absolute atomic E-state index is 0.913. The van der Waals surface area contributed by atoms with E-state index in [2.05, 4.69) is 23.8 Å². The molecule has 3 nitrogen and oxygen atoms in total. The molecule has 2 heterocycles. The number of nitrogens with zero attached hydrogens (tertiary/aromatic N) is 2. The molecule has 15 heavy (non-hydrogen) atoms. The van der Waals surface area contributed by atoms with Gasteiger partial charge in [-0.3, -0.25) is 0 Å². The second-order valence-corrected chi connectivity index (χ2v) is 4.41. The summed E-state index contributed by atoms with van der Waals surface area (Å²) in [5.74, 6) is 0. The molecule has 0 aliphatic carbocycles. The van der Waals surface area contributed by atoms with Crippen molar-refractivity contribution in [3.63, 3.8) is 0 Å². The molecular formula is C12H26N2O. The predicted molar refractivity (Wildman–Crippen MR) is 64.3 cm³/mol. The molecule has 2 rings (SSSR count). The molecular weight excluding hydrogens is 188 g/mol. The molecule has 0 aromatic carbocycles. The van der Waals surface area contributed by atoms with Crippen LogP contribution in [0.4, 0.5) is 0 Å². The summed E-state index contributed by atoms with van der Waals surface area (Å²) in [7, 11) is 2.11. The van der Waals surface area contributed by atoms with Crippen molar-refractivity contribution in [1.29, 1.82) is 0 Å². The van der Waals surface area contributed by atoms with Crippen LogP contribution in [-0.2, 0) is 4.74 Å². The second kappa shape index (κ2) is 8.08.